The number of methoxy groups -OCH3 is 1. The van der Waals surface area contributed by atoms with Gasteiger partial charge in [-0.25, -0.2) is 13.2 Å². The van der Waals surface area contributed by atoms with Gasteiger partial charge in [0.25, 0.3) is 0 Å². The SMILES string of the molecule is COc1ccc(CN(CCc2ccccc2)S(=O)(=O)c2ccc3oc(C(=O)O)c(C)c3c2)cc1. The minimum atomic E-state index is -3.89. The van der Waals surface area contributed by atoms with Gasteiger partial charge in [0, 0.05) is 24.0 Å². The summed E-state index contributed by atoms with van der Waals surface area (Å²) in [5.41, 5.74) is 2.58. The van der Waals surface area contributed by atoms with Crippen molar-refractivity contribution >= 4 is 27.0 Å². The summed E-state index contributed by atoms with van der Waals surface area (Å²) < 4.78 is 39.5. The molecule has 0 bridgehead atoms. The number of benzene rings is 3. The molecule has 0 fully saturated rings. The fraction of sp³-hybridized carbons (Fsp3) is 0.192. The number of aryl methyl sites for hydroxylation is 1. The van der Waals surface area contributed by atoms with Crippen LogP contribution < -0.4 is 4.74 Å². The van der Waals surface area contributed by atoms with Gasteiger partial charge in [-0.05, 0) is 54.8 Å². The number of aromatic carboxylic acids is 1. The lowest BCUT2D eigenvalue weighted by Gasteiger charge is -2.23. The van der Waals surface area contributed by atoms with Crippen LogP contribution in [0, 0.1) is 6.92 Å². The molecule has 0 aliphatic heterocycles. The second-order valence-electron chi connectivity index (χ2n) is 7.94. The topological polar surface area (TPSA) is 97.0 Å². The Morgan fingerprint density at radius 3 is 2.35 bits per heavy atom. The van der Waals surface area contributed by atoms with Crippen LogP contribution in [0.15, 0.2) is 82.1 Å². The number of carboxylic acids is 1. The summed E-state index contributed by atoms with van der Waals surface area (Å²) in [7, 11) is -2.31. The van der Waals surface area contributed by atoms with Crippen molar-refractivity contribution in [1.29, 1.82) is 0 Å². The number of carboxylic acid groups (broad SMARTS) is 1. The molecule has 176 valence electrons. The van der Waals surface area contributed by atoms with E-state index >= 15 is 0 Å². The van der Waals surface area contributed by atoms with E-state index < -0.39 is 16.0 Å². The zero-order valence-corrected chi connectivity index (χ0v) is 19.7. The van der Waals surface area contributed by atoms with Crippen LogP contribution in [-0.4, -0.2) is 37.5 Å². The van der Waals surface area contributed by atoms with Crippen molar-refractivity contribution in [2.45, 2.75) is 24.8 Å². The molecule has 0 aliphatic rings. The van der Waals surface area contributed by atoms with Crippen molar-refractivity contribution in [3.8, 4) is 5.75 Å². The van der Waals surface area contributed by atoms with Crippen molar-refractivity contribution in [3.05, 3.63) is 95.2 Å². The number of hydrogen-bond donors (Lipinski definition) is 1. The maximum atomic E-state index is 13.7. The van der Waals surface area contributed by atoms with E-state index in [1.54, 1.807) is 26.2 Å². The Hall–Kier alpha value is -3.62. The molecule has 0 unspecified atom stereocenters. The molecule has 0 amide bonds. The predicted molar refractivity (Wildman–Crippen MR) is 129 cm³/mol. The highest BCUT2D eigenvalue weighted by molar-refractivity contribution is 7.89. The van der Waals surface area contributed by atoms with Crippen LogP contribution in [-0.2, 0) is 23.0 Å². The van der Waals surface area contributed by atoms with E-state index in [9.17, 15) is 18.3 Å². The molecule has 7 nitrogen and oxygen atoms in total. The average molecular weight is 480 g/mol. The van der Waals surface area contributed by atoms with E-state index in [4.69, 9.17) is 9.15 Å². The monoisotopic (exact) mass is 479 g/mol. The second kappa shape index (κ2) is 9.70. The Kier molecular flexibility index (Phi) is 6.72. The van der Waals surface area contributed by atoms with Crippen molar-refractivity contribution in [2.75, 3.05) is 13.7 Å². The van der Waals surface area contributed by atoms with Crippen LogP contribution >= 0.6 is 0 Å². The molecule has 1 N–H and O–H groups in total. The summed E-state index contributed by atoms with van der Waals surface area (Å²) in [6.07, 6.45) is 0.548. The molecule has 0 radical (unpaired) electrons. The fourth-order valence-corrected chi connectivity index (χ4v) is 5.29. The van der Waals surface area contributed by atoms with E-state index in [0.29, 0.717) is 28.7 Å². The van der Waals surface area contributed by atoms with Gasteiger partial charge in [-0.1, -0.05) is 42.5 Å². The van der Waals surface area contributed by atoms with Gasteiger partial charge >= 0.3 is 5.97 Å². The summed E-state index contributed by atoms with van der Waals surface area (Å²) in [6, 6.07) is 21.4. The van der Waals surface area contributed by atoms with Crippen LogP contribution in [0.25, 0.3) is 11.0 Å². The highest BCUT2D eigenvalue weighted by Gasteiger charge is 2.26. The summed E-state index contributed by atoms with van der Waals surface area (Å²) in [5.74, 6) is -0.691. The quantitative estimate of drug-likeness (QED) is 0.367. The summed E-state index contributed by atoms with van der Waals surface area (Å²) in [4.78, 5) is 11.5. The van der Waals surface area contributed by atoms with E-state index in [1.165, 1.54) is 22.5 Å². The van der Waals surface area contributed by atoms with E-state index in [-0.39, 0.29) is 23.7 Å². The maximum Gasteiger partial charge on any atom is 0.372 e. The lowest BCUT2D eigenvalue weighted by Crippen LogP contribution is -2.32. The number of rotatable bonds is 9. The average Bonchev–Trinajstić information content (AvgIpc) is 3.19. The third-order valence-corrected chi connectivity index (χ3v) is 7.59. The molecule has 4 rings (SSSR count). The Balaban J connectivity index is 1.70. The number of sulfonamides is 1. The van der Waals surface area contributed by atoms with Crippen molar-refractivity contribution in [2.24, 2.45) is 0 Å². The number of furan rings is 1. The number of carbonyl (C=O) groups is 1. The standard InChI is InChI=1S/C26H25NO6S/c1-18-23-16-22(12-13-24(23)33-25(18)26(28)29)34(30,31)27(15-14-19-6-4-3-5-7-19)17-20-8-10-21(32-2)11-9-20/h3-13,16H,14-15,17H2,1-2H3,(H,28,29). The molecule has 0 saturated carbocycles. The van der Waals surface area contributed by atoms with Gasteiger partial charge in [-0.15, -0.1) is 0 Å². The lowest BCUT2D eigenvalue weighted by molar-refractivity contribution is 0.0664. The first-order valence-corrected chi connectivity index (χ1v) is 12.2. The van der Waals surface area contributed by atoms with Crippen LogP contribution in [0.5, 0.6) is 5.75 Å². The number of nitrogens with zero attached hydrogens (tertiary/aromatic N) is 1. The molecular weight excluding hydrogens is 454 g/mol. The van der Waals surface area contributed by atoms with Crippen molar-refractivity contribution in [1.82, 2.24) is 4.31 Å². The van der Waals surface area contributed by atoms with E-state index in [1.807, 2.05) is 42.5 Å². The van der Waals surface area contributed by atoms with Gasteiger partial charge in [0.1, 0.15) is 11.3 Å². The number of fused-ring (bicyclic) bond motifs is 1. The molecule has 34 heavy (non-hydrogen) atoms. The smallest absolute Gasteiger partial charge is 0.372 e. The van der Waals surface area contributed by atoms with Crippen molar-refractivity contribution in [3.63, 3.8) is 0 Å². The highest BCUT2D eigenvalue weighted by Crippen LogP contribution is 2.29. The van der Waals surface area contributed by atoms with Gasteiger partial charge in [0.15, 0.2) is 0 Å². The molecule has 3 aromatic carbocycles. The van der Waals surface area contributed by atoms with Gasteiger partial charge < -0.3 is 14.3 Å². The minimum absolute atomic E-state index is 0.0856. The fourth-order valence-electron chi connectivity index (χ4n) is 3.83. The van der Waals surface area contributed by atoms with Crippen LogP contribution in [0.1, 0.15) is 27.2 Å². The lowest BCUT2D eigenvalue weighted by atomic mass is 10.1. The minimum Gasteiger partial charge on any atom is -0.497 e. The largest absolute Gasteiger partial charge is 0.497 e. The Morgan fingerprint density at radius 1 is 1.00 bits per heavy atom. The number of ether oxygens (including phenoxy) is 1. The maximum absolute atomic E-state index is 13.7. The van der Waals surface area contributed by atoms with Crippen molar-refractivity contribution < 1.29 is 27.5 Å². The molecule has 0 aliphatic carbocycles. The molecule has 8 heteroatoms. The first kappa shape index (κ1) is 23.5. The Morgan fingerprint density at radius 2 is 1.71 bits per heavy atom. The molecule has 4 aromatic rings. The van der Waals surface area contributed by atoms with Gasteiger partial charge in [0.2, 0.25) is 15.8 Å². The third kappa shape index (κ3) is 4.83. The van der Waals surface area contributed by atoms with E-state index in [2.05, 4.69) is 0 Å². The Bertz CT molecular complexity index is 1410. The zero-order chi connectivity index (χ0) is 24.3. The first-order valence-electron chi connectivity index (χ1n) is 10.7. The summed E-state index contributed by atoms with van der Waals surface area (Å²) in [6.45, 7) is 2.07. The molecule has 0 saturated heterocycles. The normalized spacial score (nSPS) is 11.7. The van der Waals surface area contributed by atoms with Gasteiger partial charge in [-0.2, -0.15) is 4.31 Å². The number of hydrogen-bond acceptors (Lipinski definition) is 5. The Labute approximate surface area is 198 Å². The predicted octanol–water partition coefficient (Wildman–Crippen LogP) is 4.88. The molecule has 1 aromatic heterocycles. The summed E-state index contributed by atoms with van der Waals surface area (Å²) >= 11 is 0. The molecular formula is C26H25NO6S. The van der Waals surface area contributed by atoms with Crippen LogP contribution in [0.4, 0.5) is 0 Å². The van der Waals surface area contributed by atoms with Crippen LogP contribution in [0.2, 0.25) is 0 Å². The van der Waals surface area contributed by atoms with Gasteiger partial charge in [0.05, 0.1) is 12.0 Å². The zero-order valence-electron chi connectivity index (χ0n) is 18.9. The second-order valence-corrected chi connectivity index (χ2v) is 9.88. The molecule has 1 heterocycles. The van der Waals surface area contributed by atoms with E-state index in [0.717, 1.165) is 11.1 Å². The molecule has 0 atom stereocenters. The highest BCUT2D eigenvalue weighted by atomic mass is 32.2. The molecule has 0 spiro atoms. The third-order valence-electron chi connectivity index (χ3n) is 5.75. The van der Waals surface area contributed by atoms with Gasteiger partial charge in [-0.3, -0.25) is 0 Å². The van der Waals surface area contributed by atoms with Crippen LogP contribution in [0.3, 0.4) is 0 Å². The summed E-state index contributed by atoms with van der Waals surface area (Å²) in [5, 5.41) is 9.80. The first-order chi connectivity index (χ1) is 16.3.